The van der Waals surface area contributed by atoms with Crippen LogP contribution in [0.1, 0.15) is 10.4 Å². The maximum absolute atomic E-state index is 13.4. The van der Waals surface area contributed by atoms with E-state index in [4.69, 9.17) is 9.47 Å². The van der Waals surface area contributed by atoms with Gasteiger partial charge in [-0.2, -0.15) is 0 Å². The van der Waals surface area contributed by atoms with Gasteiger partial charge in [-0.1, -0.05) is 12.1 Å². The average Bonchev–Trinajstić information content (AvgIpc) is 2.59. The molecule has 0 spiro atoms. The van der Waals surface area contributed by atoms with Gasteiger partial charge in [-0.25, -0.2) is 9.18 Å². The Morgan fingerprint density at radius 1 is 1.29 bits per heavy atom. The molecule has 0 fully saturated rings. The molecule has 0 aliphatic carbocycles. The fraction of sp³-hybridized carbons (Fsp3) is 0.188. The summed E-state index contributed by atoms with van der Waals surface area (Å²) in [4.78, 5) is 22.7. The van der Waals surface area contributed by atoms with Crippen molar-refractivity contribution in [3.05, 3.63) is 64.0 Å². The lowest BCUT2D eigenvalue weighted by atomic mass is 10.2. The summed E-state index contributed by atoms with van der Waals surface area (Å²) in [5.41, 5.74) is -0.258. The number of rotatable bonds is 7. The van der Waals surface area contributed by atoms with Crippen LogP contribution in [0.5, 0.6) is 5.75 Å². The highest BCUT2D eigenvalue weighted by atomic mass is 32.2. The Morgan fingerprint density at radius 2 is 2.04 bits per heavy atom. The minimum atomic E-state index is -0.685. The number of hydrogen-bond acceptors (Lipinski definition) is 6. The molecule has 126 valence electrons. The predicted octanol–water partition coefficient (Wildman–Crippen LogP) is 3.69. The zero-order chi connectivity index (χ0) is 17.5. The van der Waals surface area contributed by atoms with Gasteiger partial charge in [-0.3, -0.25) is 10.1 Å². The molecule has 0 radical (unpaired) electrons. The molecule has 0 saturated carbocycles. The van der Waals surface area contributed by atoms with Crippen molar-refractivity contribution < 1.29 is 23.6 Å². The van der Waals surface area contributed by atoms with Crippen LogP contribution in [0.15, 0.2) is 47.4 Å². The lowest BCUT2D eigenvalue weighted by molar-refractivity contribution is -0.385. The van der Waals surface area contributed by atoms with Gasteiger partial charge in [0.2, 0.25) is 0 Å². The Balaban J connectivity index is 1.92. The number of carbonyl (C=O) groups excluding carboxylic acids is 1. The molecule has 2 aromatic carbocycles. The Bertz CT molecular complexity index is 753. The molecule has 24 heavy (non-hydrogen) atoms. The summed E-state index contributed by atoms with van der Waals surface area (Å²) in [6, 6.07) is 10.1. The van der Waals surface area contributed by atoms with Crippen LogP contribution in [-0.2, 0) is 4.74 Å². The normalized spacial score (nSPS) is 10.2. The summed E-state index contributed by atoms with van der Waals surface area (Å²) < 4.78 is 23.3. The molecule has 8 heteroatoms. The van der Waals surface area contributed by atoms with Gasteiger partial charge >= 0.3 is 11.7 Å². The first-order valence-electron chi connectivity index (χ1n) is 6.90. The minimum absolute atomic E-state index is 0.0532. The zero-order valence-electron chi connectivity index (χ0n) is 12.7. The number of nitro groups is 1. The fourth-order valence-corrected chi connectivity index (χ4v) is 2.66. The number of carbonyl (C=O) groups is 1. The summed E-state index contributed by atoms with van der Waals surface area (Å²) in [7, 11) is 1.31. The summed E-state index contributed by atoms with van der Waals surface area (Å²) in [5.74, 6) is -0.591. The third-order valence-electron chi connectivity index (χ3n) is 3.02. The number of ether oxygens (including phenoxy) is 2. The van der Waals surface area contributed by atoms with Crippen molar-refractivity contribution >= 4 is 23.4 Å². The van der Waals surface area contributed by atoms with Gasteiger partial charge in [-0.05, 0) is 24.3 Å². The van der Waals surface area contributed by atoms with Crippen LogP contribution in [0.4, 0.5) is 10.1 Å². The molecule has 0 bridgehead atoms. The van der Waals surface area contributed by atoms with Crippen LogP contribution < -0.4 is 4.74 Å². The molecule has 0 aliphatic rings. The third-order valence-corrected chi connectivity index (χ3v) is 4.03. The standard InChI is InChI=1S/C16H14FNO5S/c1-22-14-7-6-11(10-13(14)18(20)21)16(19)23-8-9-24-15-5-3-2-4-12(15)17/h2-7,10H,8-9H2,1H3. The van der Waals surface area contributed by atoms with Crippen LogP contribution in [0.3, 0.4) is 0 Å². The number of hydrogen-bond donors (Lipinski definition) is 0. The molecule has 2 rings (SSSR count). The lowest BCUT2D eigenvalue weighted by Gasteiger charge is -2.07. The Morgan fingerprint density at radius 3 is 2.71 bits per heavy atom. The Hall–Kier alpha value is -2.61. The van der Waals surface area contributed by atoms with Gasteiger partial charge in [0.1, 0.15) is 12.4 Å². The number of nitrogens with zero attached hydrogens (tertiary/aromatic N) is 1. The van der Waals surface area contributed by atoms with E-state index in [0.717, 1.165) is 6.07 Å². The van der Waals surface area contributed by atoms with Crippen LogP contribution in [-0.4, -0.2) is 30.4 Å². The van der Waals surface area contributed by atoms with Crippen LogP contribution >= 0.6 is 11.8 Å². The van der Waals surface area contributed by atoms with Gasteiger partial charge in [0, 0.05) is 16.7 Å². The van der Waals surface area contributed by atoms with Crippen molar-refractivity contribution in [3.8, 4) is 5.75 Å². The second-order valence-corrected chi connectivity index (χ2v) is 5.70. The molecule has 0 unspecified atom stereocenters. The topological polar surface area (TPSA) is 78.7 Å². The van der Waals surface area contributed by atoms with Crippen LogP contribution in [0.25, 0.3) is 0 Å². The third kappa shape index (κ3) is 4.45. The van der Waals surface area contributed by atoms with Crippen molar-refractivity contribution in [3.63, 3.8) is 0 Å². The average molecular weight is 351 g/mol. The van der Waals surface area contributed by atoms with Crippen LogP contribution in [0.2, 0.25) is 0 Å². The van der Waals surface area contributed by atoms with E-state index in [2.05, 4.69) is 0 Å². The van der Waals surface area contributed by atoms with Crippen LogP contribution in [0, 0.1) is 15.9 Å². The van der Waals surface area contributed by atoms with E-state index in [0.29, 0.717) is 10.6 Å². The van der Waals surface area contributed by atoms with Gasteiger partial charge in [0.05, 0.1) is 17.6 Å². The van der Waals surface area contributed by atoms with Crippen molar-refractivity contribution in [2.45, 2.75) is 4.90 Å². The van der Waals surface area contributed by atoms with E-state index in [-0.39, 0.29) is 29.4 Å². The number of halogens is 1. The maximum Gasteiger partial charge on any atom is 0.338 e. The van der Waals surface area contributed by atoms with E-state index in [1.165, 1.54) is 37.1 Å². The van der Waals surface area contributed by atoms with Gasteiger partial charge in [0.15, 0.2) is 5.75 Å². The monoisotopic (exact) mass is 351 g/mol. The summed E-state index contributed by atoms with van der Waals surface area (Å²) in [6.07, 6.45) is 0. The number of thioether (sulfide) groups is 1. The number of esters is 1. The van der Waals surface area contributed by atoms with E-state index in [1.807, 2.05) is 0 Å². The van der Waals surface area contributed by atoms with Crippen molar-refractivity contribution in [2.24, 2.45) is 0 Å². The molecule has 0 aromatic heterocycles. The fourth-order valence-electron chi connectivity index (χ4n) is 1.89. The maximum atomic E-state index is 13.4. The van der Waals surface area contributed by atoms with Gasteiger partial charge < -0.3 is 9.47 Å². The molecule has 0 heterocycles. The van der Waals surface area contributed by atoms with Gasteiger partial charge in [-0.15, -0.1) is 11.8 Å². The zero-order valence-corrected chi connectivity index (χ0v) is 13.5. The smallest absolute Gasteiger partial charge is 0.338 e. The summed E-state index contributed by atoms with van der Waals surface area (Å²) >= 11 is 1.22. The highest BCUT2D eigenvalue weighted by Gasteiger charge is 2.18. The highest BCUT2D eigenvalue weighted by Crippen LogP contribution is 2.28. The predicted molar refractivity (Wildman–Crippen MR) is 87.1 cm³/mol. The first-order valence-corrected chi connectivity index (χ1v) is 7.88. The van der Waals surface area contributed by atoms with Crippen molar-refractivity contribution in [2.75, 3.05) is 19.5 Å². The van der Waals surface area contributed by atoms with Crippen molar-refractivity contribution in [1.82, 2.24) is 0 Å². The van der Waals surface area contributed by atoms with E-state index < -0.39 is 10.9 Å². The quantitative estimate of drug-likeness (QED) is 0.249. The number of methoxy groups -OCH3 is 1. The number of benzene rings is 2. The molecule has 2 aromatic rings. The molecule has 0 amide bonds. The SMILES string of the molecule is COc1ccc(C(=O)OCCSc2ccccc2F)cc1[N+](=O)[O-]. The number of nitro benzene ring substituents is 1. The molecule has 0 atom stereocenters. The molecule has 6 nitrogen and oxygen atoms in total. The second kappa shape index (κ2) is 8.30. The molecular weight excluding hydrogens is 337 g/mol. The van der Waals surface area contributed by atoms with Gasteiger partial charge in [0.25, 0.3) is 0 Å². The van der Waals surface area contributed by atoms with E-state index in [9.17, 15) is 19.3 Å². The van der Waals surface area contributed by atoms with E-state index in [1.54, 1.807) is 18.2 Å². The first kappa shape index (κ1) is 17.7. The highest BCUT2D eigenvalue weighted by molar-refractivity contribution is 7.99. The Labute approximate surface area is 141 Å². The molecule has 0 N–H and O–H groups in total. The molecule has 0 saturated heterocycles. The summed E-state index contributed by atoms with van der Waals surface area (Å²) in [6.45, 7) is 0.0532. The Kier molecular flexibility index (Phi) is 6.14. The molecule has 0 aliphatic heterocycles. The minimum Gasteiger partial charge on any atom is -0.490 e. The van der Waals surface area contributed by atoms with E-state index >= 15 is 0 Å². The van der Waals surface area contributed by atoms with Crippen molar-refractivity contribution in [1.29, 1.82) is 0 Å². The first-order chi connectivity index (χ1) is 11.5. The largest absolute Gasteiger partial charge is 0.490 e. The molecular formula is C16H14FNO5S. The lowest BCUT2D eigenvalue weighted by Crippen LogP contribution is -2.08. The summed E-state index contributed by atoms with van der Waals surface area (Å²) in [5, 5.41) is 10.9. The second-order valence-electron chi connectivity index (χ2n) is 4.56.